The number of rotatable bonds is 2. The van der Waals surface area contributed by atoms with E-state index in [9.17, 15) is 22.4 Å². The molecule has 0 heterocycles. The Kier molecular flexibility index (Phi) is 3.42. The van der Waals surface area contributed by atoms with Gasteiger partial charge < -0.3 is 5.11 Å². The van der Waals surface area contributed by atoms with Crippen molar-refractivity contribution in [2.24, 2.45) is 0 Å². The molecule has 0 unspecified atom stereocenters. The summed E-state index contributed by atoms with van der Waals surface area (Å²) in [5.74, 6) is -2.95. The molecule has 0 saturated heterocycles. The minimum atomic E-state index is -4.85. The maximum absolute atomic E-state index is 13.2. The van der Waals surface area contributed by atoms with E-state index in [-0.39, 0.29) is 5.56 Å². The van der Waals surface area contributed by atoms with Crippen LogP contribution in [0.3, 0.4) is 0 Å². The molecule has 0 atom stereocenters. The van der Waals surface area contributed by atoms with Gasteiger partial charge >= 0.3 is 12.1 Å². The van der Waals surface area contributed by atoms with Gasteiger partial charge in [-0.1, -0.05) is 17.7 Å². The largest absolute Gasteiger partial charge is 0.481 e. The Morgan fingerprint density at radius 3 is 2.38 bits per heavy atom. The van der Waals surface area contributed by atoms with Gasteiger partial charge in [0.15, 0.2) is 5.82 Å². The van der Waals surface area contributed by atoms with Crippen molar-refractivity contribution in [3.05, 3.63) is 34.1 Å². The highest BCUT2D eigenvalue weighted by molar-refractivity contribution is 6.31. The van der Waals surface area contributed by atoms with Crippen molar-refractivity contribution >= 4 is 17.6 Å². The van der Waals surface area contributed by atoms with Gasteiger partial charge in [0.1, 0.15) is 0 Å². The van der Waals surface area contributed by atoms with Gasteiger partial charge in [0.2, 0.25) is 0 Å². The molecule has 0 aliphatic carbocycles. The Morgan fingerprint density at radius 1 is 1.38 bits per heavy atom. The smallest absolute Gasteiger partial charge is 0.419 e. The van der Waals surface area contributed by atoms with E-state index in [4.69, 9.17) is 16.7 Å². The number of carboxylic acids is 1. The zero-order valence-electron chi connectivity index (χ0n) is 7.61. The normalized spacial score (nSPS) is 11.6. The molecule has 1 rings (SSSR count). The van der Waals surface area contributed by atoms with Crippen molar-refractivity contribution in [2.75, 3.05) is 0 Å². The molecule has 0 aliphatic rings. The molecule has 0 spiro atoms. The van der Waals surface area contributed by atoms with Crippen LogP contribution < -0.4 is 0 Å². The summed E-state index contributed by atoms with van der Waals surface area (Å²) >= 11 is 5.31. The number of hydrogen-bond donors (Lipinski definition) is 1. The zero-order chi connectivity index (χ0) is 12.5. The second-order valence-electron chi connectivity index (χ2n) is 2.97. The molecule has 0 aliphatic heterocycles. The number of aliphatic carboxylic acids is 1. The van der Waals surface area contributed by atoms with Crippen molar-refractivity contribution in [1.29, 1.82) is 0 Å². The van der Waals surface area contributed by atoms with Gasteiger partial charge in [0, 0.05) is 0 Å². The lowest BCUT2D eigenvalue weighted by Crippen LogP contribution is -2.10. The second-order valence-corrected chi connectivity index (χ2v) is 3.35. The van der Waals surface area contributed by atoms with Crippen molar-refractivity contribution in [2.45, 2.75) is 12.6 Å². The van der Waals surface area contributed by atoms with Crippen molar-refractivity contribution in [3.8, 4) is 0 Å². The van der Waals surface area contributed by atoms with Crippen LogP contribution in [0.1, 0.15) is 11.1 Å². The Labute approximate surface area is 92.4 Å². The summed E-state index contributed by atoms with van der Waals surface area (Å²) in [6.07, 6.45) is -5.48. The molecule has 1 N–H and O–H groups in total. The predicted molar refractivity (Wildman–Crippen MR) is 47.8 cm³/mol. The summed E-state index contributed by atoms with van der Waals surface area (Å²) < 4.78 is 49.8. The van der Waals surface area contributed by atoms with Crippen LogP contribution in [0.4, 0.5) is 17.6 Å². The van der Waals surface area contributed by atoms with E-state index in [0.29, 0.717) is 6.07 Å². The molecule has 0 radical (unpaired) electrons. The monoisotopic (exact) mass is 256 g/mol. The third kappa shape index (κ3) is 2.63. The first-order valence-corrected chi connectivity index (χ1v) is 4.37. The molecule has 0 saturated carbocycles. The van der Waals surface area contributed by atoms with Gasteiger partial charge in [-0.05, 0) is 11.6 Å². The number of benzene rings is 1. The van der Waals surface area contributed by atoms with Gasteiger partial charge in [-0.3, -0.25) is 4.79 Å². The van der Waals surface area contributed by atoms with Crippen LogP contribution in [0, 0.1) is 5.82 Å². The van der Waals surface area contributed by atoms with E-state index < -0.39 is 35.0 Å². The molecule has 0 bridgehead atoms. The topological polar surface area (TPSA) is 37.3 Å². The van der Waals surface area contributed by atoms with Crippen LogP contribution in [0.15, 0.2) is 12.1 Å². The first kappa shape index (κ1) is 12.8. The fourth-order valence-electron chi connectivity index (χ4n) is 1.11. The minimum absolute atomic E-state index is 0.195. The summed E-state index contributed by atoms with van der Waals surface area (Å²) in [7, 11) is 0. The van der Waals surface area contributed by atoms with Crippen molar-refractivity contribution in [3.63, 3.8) is 0 Å². The van der Waals surface area contributed by atoms with Crippen LogP contribution >= 0.6 is 11.6 Å². The standard InChI is InChI=1S/C9H5ClF4O2/c10-7-4(3-6(15)16)1-2-5(8(7)11)9(12,13)14/h1-2H,3H2,(H,15,16). The molecular formula is C9H5ClF4O2. The van der Waals surface area contributed by atoms with Crippen LogP contribution in [-0.2, 0) is 17.4 Å². The Morgan fingerprint density at radius 2 is 1.94 bits per heavy atom. The molecule has 1 aromatic rings. The minimum Gasteiger partial charge on any atom is -0.481 e. The Balaban J connectivity index is 3.24. The van der Waals surface area contributed by atoms with Gasteiger partial charge in [-0.15, -0.1) is 0 Å². The van der Waals surface area contributed by atoms with Gasteiger partial charge in [0.05, 0.1) is 17.0 Å². The molecule has 2 nitrogen and oxygen atoms in total. The second kappa shape index (κ2) is 4.29. The van der Waals surface area contributed by atoms with E-state index >= 15 is 0 Å². The number of carboxylic acid groups (broad SMARTS) is 1. The summed E-state index contributed by atoms with van der Waals surface area (Å²) in [5.41, 5.74) is -1.70. The Bertz CT molecular complexity index is 428. The molecule has 0 amide bonds. The quantitative estimate of drug-likeness (QED) is 0.826. The van der Waals surface area contributed by atoms with Crippen LogP contribution in [-0.4, -0.2) is 11.1 Å². The van der Waals surface area contributed by atoms with E-state index in [1.807, 2.05) is 0 Å². The van der Waals surface area contributed by atoms with E-state index in [1.165, 1.54) is 0 Å². The molecule has 7 heteroatoms. The Hall–Kier alpha value is -1.30. The average molecular weight is 257 g/mol. The van der Waals surface area contributed by atoms with Crippen LogP contribution in [0.25, 0.3) is 0 Å². The molecule has 88 valence electrons. The molecular weight excluding hydrogens is 252 g/mol. The average Bonchev–Trinajstić information content (AvgIpc) is 2.10. The third-order valence-electron chi connectivity index (χ3n) is 1.81. The lowest BCUT2D eigenvalue weighted by molar-refractivity contribution is -0.140. The number of alkyl halides is 3. The number of carbonyl (C=O) groups is 1. The zero-order valence-corrected chi connectivity index (χ0v) is 8.36. The summed E-state index contributed by atoms with van der Waals surface area (Å²) in [5, 5.41) is 7.60. The van der Waals surface area contributed by atoms with Gasteiger partial charge in [0.25, 0.3) is 0 Å². The fourth-order valence-corrected chi connectivity index (χ4v) is 1.34. The summed E-state index contributed by atoms with van der Waals surface area (Å²) in [4.78, 5) is 10.3. The molecule has 16 heavy (non-hydrogen) atoms. The van der Waals surface area contributed by atoms with E-state index in [2.05, 4.69) is 0 Å². The highest BCUT2D eigenvalue weighted by Gasteiger charge is 2.35. The summed E-state index contributed by atoms with van der Waals surface area (Å²) in [6, 6.07) is 1.32. The number of hydrogen-bond acceptors (Lipinski definition) is 1. The molecule has 0 fully saturated rings. The highest BCUT2D eigenvalue weighted by Crippen LogP contribution is 2.35. The predicted octanol–water partition coefficient (Wildman–Crippen LogP) is 3.13. The van der Waals surface area contributed by atoms with Gasteiger partial charge in [-0.25, -0.2) is 4.39 Å². The molecule has 1 aromatic carbocycles. The highest BCUT2D eigenvalue weighted by atomic mass is 35.5. The van der Waals surface area contributed by atoms with E-state index in [0.717, 1.165) is 6.07 Å². The maximum Gasteiger partial charge on any atom is 0.419 e. The van der Waals surface area contributed by atoms with Crippen molar-refractivity contribution in [1.82, 2.24) is 0 Å². The number of halogens is 5. The summed E-state index contributed by atoms with van der Waals surface area (Å²) in [6.45, 7) is 0. The lowest BCUT2D eigenvalue weighted by atomic mass is 10.1. The first-order valence-electron chi connectivity index (χ1n) is 3.99. The first-order chi connectivity index (χ1) is 7.23. The third-order valence-corrected chi connectivity index (χ3v) is 2.22. The van der Waals surface area contributed by atoms with Crippen LogP contribution in [0.5, 0.6) is 0 Å². The van der Waals surface area contributed by atoms with Crippen molar-refractivity contribution < 1.29 is 27.5 Å². The maximum atomic E-state index is 13.2. The van der Waals surface area contributed by atoms with Crippen LogP contribution in [0.2, 0.25) is 5.02 Å². The lowest BCUT2D eigenvalue weighted by Gasteiger charge is -2.10. The van der Waals surface area contributed by atoms with E-state index in [1.54, 1.807) is 0 Å². The molecule has 0 aromatic heterocycles. The SMILES string of the molecule is O=C(O)Cc1ccc(C(F)(F)F)c(F)c1Cl. The van der Waals surface area contributed by atoms with Gasteiger partial charge in [-0.2, -0.15) is 13.2 Å². The fraction of sp³-hybridized carbons (Fsp3) is 0.222.